The standard InChI is InChI=1S/C15H22ClN3O/c1-3-17-14-5-4-12(16)8-13(14)15(20)18-9-11-6-7-19(2)10-11/h4-5,8,11,17H,3,6-7,9-10H2,1-2H3,(H,18,20). The highest BCUT2D eigenvalue weighted by Crippen LogP contribution is 2.21. The first-order valence-electron chi connectivity index (χ1n) is 7.10. The molecule has 1 aliphatic heterocycles. The molecule has 0 aromatic heterocycles. The summed E-state index contributed by atoms with van der Waals surface area (Å²) in [6, 6.07) is 5.36. The molecule has 1 saturated heterocycles. The van der Waals surface area contributed by atoms with Gasteiger partial charge in [-0.05, 0) is 51.1 Å². The van der Waals surface area contributed by atoms with Crippen LogP contribution in [0.4, 0.5) is 5.69 Å². The summed E-state index contributed by atoms with van der Waals surface area (Å²) in [4.78, 5) is 14.6. The molecule has 2 N–H and O–H groups in total. The van der Waals surface area contributed by atoms with Crippen molar-refractivity contribution >= 4 is 23.2 Å². The van der Waals surface area contributed by atoms with Gasteiger partial charge in [0.05, 0.1) is 5.56 Å². The number of hydrogen-bond donors (Lipinski definition) is 2. The zero-order valence-corrected chi connectivity index (χ0v) is 12.8. The van der Waals surface area contributed by atoms with Crippen molar-refractivity contribution in [2.24, 2.45) is 5.92 Å². The number of hydrogen-bond acceptors (Lipinski definition) is 3. The van der Waals surface area contributed by atoms with Crippen LogP contribution in [0.25, 0.3) is 0 Å². The Balaban J connectivity index is 1.99. The molecular formula is C15H22ClN3O. The Morgan fingerprint density at radius 1 is 1.50 bits per heavy atom. The van der Waals surface area contributed by atoms with Gasteiger partial charge in [0.2, 0.25) is 0 Å². The van der Waals surface area contributed by atoms with Crippen molar-refractivity contribution < 1.29 is 4.79 Å². The molecule has 110 valence electrons. The Hall–Kier alpha value is -1.26. The summed E-state index contributed by atoms with van der Waals surface area (Å²) in [5.41, 5.74) is 1.45. The van der Waals surface area contributed by atoms with Gasteiger partial charge >= 0.3 is 0 Å². The zero-order valence-electron chi connectivity index (χ0n) is 12.1. The number of rotatable bonds is 5. The van der Waals surface area contributed by atoms with E-state index >= 15 is 0 Å². The number of carbonyl (C=O) groups is 1. The Morgan fingerprint density at radius 2 is 2.30 bits per heavy atom. The minimum Gasteiger partial charge on any atom is -0.385 e. The highest BCUT2D eigenvalue weighted by Gasteiger charge is 2.20. The summed E-state index contributed by atoms with van der Waals surface area (Å²) in [5, 5.41) is 6.80. The molecular weight excluding hydrogens is 274 g/mol. The third-order valence-electron chi connectivity index (χ3n) is 3.63. The Kier molecular flexibility index (Phi) is 5.26. The number of nitrogens with one attached hydrogen (secondary N) is 2. The number of likely N-dealkylation sites (tertiary alicyclic amines) is 1. The Morgan fingerprint density at radius 3 is 2.95 bits per heavy atom. The van der Waals surface area contributed by atoms with Crippen LogP contribution in [0.5, 0.6) is 0 Å². The SMILES string of the molecule is CCNc1ccc(Cl)cc1C(=O)NCC1CCN(C)C1. The second kappa shape index (κ2) is 6.95. The minimum atomic E-state index is -0.0574. The van der Waals surface area contributed by atoms with Crippen molar-refractivity contribution in [1.29, 1.82) is 0 Å². The molecule has 0 bridgehead atoms. The van der Waals surface area contributed by atoms with Crippen molar-refractivity contribution in [3.8, 4) is 0 Å². The van der Waals surface area contributed by atoms with Crippen LogP contribution >= 0.6 is 11.6 Å². The molecule has 1 unspecified atom stereocenters. The second-order valence-electron chi connectivity index (χ2n) is 5.35. The van der Waals surface area contributed by atoms with Gasteiger partial charge in [-0.15, -0.1) is 0 Å². The predicted octanol–water partition coefficient (Wildman–Crippen LogP) is 2.45. The van der Waals surface area contributed by atoms with Crippen molar-refractivity contribution in [2.45, 2.75) is 13.3 Å². The second-order valence-corrected chi connectivity index (χ2v) is 5.78. The van der Waals surface area contributed by atoms with Crippen LogP contribution in [-0.4, -0.2) is 44.0 Å². The van der Waals surface area contributed by atoms with Gasteiger partial charge in [0.1, 0.15) is 0 Å². The van der Waals surface area contributed by atoms with Crippen LogP contribution in [0.3, 0.4) is 0 Å². The summed E-state index contributed by atoms with van der Waals surface area (Å²) in [6.07, 6.45) is 1.15. The van der Waals surface area contributed by atoms with Crippen LogP contribution in [0.1, 0.15) is 23.7 Å². The molecule has 0 spiro atoms. The quantitative estimate of drug-likeness (QED) is 0.877. The molecule has 1 atom stereocenters. The van der Waals surface area contributed by atoms with E-state index in [9.17, 15) is 4.79 Å². The van der Waals surface area contributed by atoms with Gasteiger partial charge in [-0.1, -0.05) is 11.6 Å². The third kappa shape index (κ3) is 3.87. The molecule has 1 heterocycles. The number of carbonyl (C=O) groups excluding carboxylic acids is 1. The first-order chi connectivity index (χ1) is 9.60. The molecule has 1 aromatic carbocycles. The van der Waals surface area contributed by atoms with Crippen molar-refractivity contribution in [2.75, 3.05) is 38.5 Å². The maximum atomic E-state index is 12.3. The molecule has 1 aliphatic rings. The largest absolute Gasteiger partial charge is 0.385 e. The van der Waals surface area contributed by atoms with Crippen molar-refractivity contribution in [1.82, 2.24) is 10.2 Å². The van der Waals surface area contributed by atoms with Crippen molar-refractivity contribution in [3.05, 3.63) is 28.8 Å². The third-order valence-corrected chi connectivity index (χ3v) is 3.87. The highest BCUT2D eigenvalue weighted by molar-refractivity contribution is 6.31. The molecule has 20 heavy (non-hydrogen) atoms. The Bertz CT molecular complexity index is 478. The highest BCUT2D eigenvalue weighted by atomic mass is 35.5. The van der Waals surface area contributed by atoms with Crippen LogP contribution in [0.15, 0.2) is 18.2 Å². The zero-order chi connectivity index (χ0) is 14.5. The van der Waals surface area contributed by atoms with Gasteiger partial charge < -0.3 is 15.5 Å². The van der Waals surface area contributed by atoms with Gasteiger partial charge in [0, 0.05) is 30.3 Å². The summed E-state index contributed by atoms with van der Waals surface area (Å²) in [7, 11) is 2.11. The topological polar surface area (TPSA) is 44.4 Å². The van der Waals surface area contributed by atoms with E-state index in [4.69, 9.17) is 11.6 Å². The van der Waals surface area contributed by atoms with E-state index in [-0.39, 0.29) is 5.91 Å². The number of halogens is 1. The van der Waals surface area contributed by atoms with E-state index in [2.05, 4.69) is 22.6 Å². The van der Waals surface area contributed by atoms with Crippen LogP contribution in [-0.2, 0) is 0 Å². The molecule has 2 rings (SSSR count). The fraction of sp³-hybridized carbons (Fsp3) is 0.533. The van der Waals surface area contributed by atoms with Crippen LogP contribution < -0.4 is 10.6 Å². The van der Waals surface area contributed by atoms with Gasteiger partial charge in [-0.2, -0.15) is 0 Å². The number of amides is 1. The van der Waals surface area contributed by atoms with Crippen molar-refractivity contribution in [3.63, 3.8) is 0 Å². The van der Waals surface area contributed by atoms with E-state index in [0.29, 0.717) is 16.5 Å². The predicted molar refractivity (Wildman–Crippen MR) is 83.6 cm³/mol. The lowest BCUT2D eigenvalue weighted by atomic mass is 10.1. The van der Waals surface area contributed by atoms with Crippen LogP contribution in [0, 0.1) is 5.92 Å². The molecule has 0 saturated carbocycles. The van der Waals surface area contributed by atoms with E-state index in [1.165, 1.54) is 0 Å². The normalized spacial score (nSPS) is 19.1. The first-order valence-corrected chi connectivity index (χ1v) is 7.48. The van der Waals surface area contributed by atoms with Gasteiger partial charge in [0.25, 0.3) is 5.91 Å². The molecule has 5 heteroatoms. The summed E-state index contributed by atoms with van der Waals surface area (Å²) >= 11 is 5.99. The molecule has 4 nitrogen and oxygen atoms in total. The van der Waals surface area contributed by atoms with Gasteiger partial charge in [-0.25, -0.2) is 0 Å². The molecule has 0 aliphatic carbocycles. The average molecular weight is 296 g/mol. The summed E-state index contributed by atoms with van der Waals surface area (Å²) in [5.74, 6) is 0.490. The number of benzene rings is 1. The lowest BCUT2D eigenvalue weighted by molar-refractivity contribution is 0.0948. The van der Waals surface area contributed by atoms with E-state index in [1.807, 2.05) is 13.0 Å². The fourth-order valence-electron chi connectivity index (χ4n) is 2.57. The monoisotopic (exact) mass is 295 g/mol. The molecule has 1 aromatic rings. The van der Waals surface area contributed by atoms with Crippen LogP contribution in [0.2, 0.25) is 5.02 Å². The molecule has 0 radical (unpaired) electrons. The van der Waals surface area contributed by atoms with Gasteiger partial charge in [-0.3, -0.25) is 4.79 Å². The maximum absolute atomic E-state index is 12.3. The smallest absolute Gasteiger partial charge is 0.253 e. The summed E-state index contributed by atoms with van der Waals surface area (Å²) < 4.78 is 0. The average Bonchev–Trinajstić information content (AvgIpc) is 2.84. The maximum Gasteiger partial charge on any atom is 0.253 e. The van der Waals surface area contributed by atoms with E-state index < -0.39 is 0 Å². The van der Waals surface area contributed by atoms with E-state index in [0.717, 1.165) is 38.3 Å². The number of anilines is 1. The Labute approximate surface area is 125 Å². The molecule has 1 fully saturated rings. The minimum absolute atomic E-state index is 0.0574. The van der Waals surface area contributed by atoms with Gasteiger partial charge in [0.15, 0.2) is 0 Å². The fourth-order valence-corrected chi connectivity index (χ4v) is 2.75. The lowest BCUT2D eigenvalue weighted by Gasteiger charge is -2.14. The lowest BCUT2D eigenvalue weighted by Crippen LogP contribution is -2.31. The molecule has 1 amide bonds. The number of nitrogens with zero attached hydrogens (tertiary/aromatic N) is 1. The summed E-state index contributed by atoms with van der Waals surface area (Å²) in [6.45, 7) is 5.66. The first kappa shape index (κ1) is 15.1. The van der Waals surface area contributed by atoms with E-state index in [1.54, 1.807) is 12.1 Å².